The van der Waals surface area contributed by atoms with Gasteiger partial charge >= 0.3 is 13.2 Å². The van der Waals surface area contributed by atoms with Crippen LogP contribution in [0.15, 0.2) is 18.2 Å². The first-order valence-corrected chi connectivity index (χ1v) is 8.39. The number of fused-ring (bicyclic) bond motifs is 1. The molecular weight excluding hydrogens is 324 g/mol. The summed E-state index contributed by atoms with van der Waals surface area (Å²) in [6, 6.07) is 4.46. The van der Waals surface area contributed by atoms with E-state index in [2.05, 4.69) is 0 Å². The van der Waals surface area contributed by atoms with Crippen LogP contribution in [0, 0.1) is 5.82 Å². The lowest BCUT2D eigenvalue weighted by Gasteiger charge is -2.32. The van der Waals surface area contributed by atoms with Crippen LogP contribution in [0.1, 0.15) is 53.0 Å². The summed E-state index contributed by atoms with van der Waals surface area (Å²) in [5.41, 5.74) is 0.0188. The van der Waals surface area contributed by atoms with Gasteiger partial charge in [0, 0.05) is 5.39 Å². The fraction of sp³-hybridized carbons (Fsp3) is 0.500. The molecule has 0 bridgehead atoms. The maximum Gasteiger partial charge on any atom is 0.513 e. The van der Waals surface area contributed by atoms with Gasteiger partial charge in [0.1, 0.15) is 5.82 Å². The molecule has 1 aromatic heterocycles. The van der Waals surface area contributed by atoms with E-state index in [-0.39, 0.29) is 5.92 Å². The number of hydrogen-bond donors (Lipinski definition) is 1. The summed E-state index contributed by atoms with van der Waals surface area (Å²) in [6.45, 7) is 11.4. The second-order valence-corrected chi connectivity index (χ2v) is 7.79. The number of hydrogen-bond acceptors (Lipinski definition) is 3. The van der Waals surface area contributed by atoms with Gasteiger partial charge in [-0.1, -0.05) is 19.9 Å². The Morgan fingerprint density at radius 3 is 2.24 bits per heavy atom. The predicted octanol–water partition coefficient (Wildman–Crippen LogP) is 3.73. The monoisotopic (exact) mass is 347 g/mol. The van der Waals surface area contributed by atoms with Crippen LogP contribution in [-0.2, 0) is 9.31 Å². The van der Waals surface area contributed by atoms with Gasteiger partial charge in [0.15, 0.2) is 0 Å². The zero-order valence-corrected chi connectivity index (χ0v) is 15.4. The van der Waals surface area contributed by atoms with Crippen LogP contribution in [0.4, 0.5) is 9.18 Å². The molecule has 3 rings (SSSR count). The summed E-state index contributed by atoms with van der Waals surface area (Å²) in [4.78, 5) is 12.0. The van der Waals surface area contributed by atoms with Crippen molar-refractivity contribution < 1.29 is 23.6 Å². The smallest absolute Gasteiger partial charge is 0.464 e. The molecule has 1 aliphatic rings. The SMILES string of the molecule is CC(C)c1c(B2OC(C)(C)C(C)(C)O2)n(C(=O)O)c2cccc(F)c12. The van der Waals surface area contributed by atoms with Gasteiger partial charge < -0.3 is 14.4 Å². The quantitative estimate of drug-likeness (QED) is 0.841. The standard InChI is InChI=1S/C18H23BFNO4/c1-10(2)13-14-11(20)8-7-9-12(14)21(16(22)23)15(13)19-24-17(3,4)18(5,6)25-19/h7-10H,1-6H3,(H,22,23). The lowest BCUT2D eigenvalue weighted by atomic mass is 9.78. The molecule has 1 N–H and O–H groups in total. The largest absolute Gasteiger partial charge is 0.513 e. The highest BCUT2D eigenvalue weighted by molar-refractivity contribution is 6.63. The molecular formula is C18H23BFNO4. The Kier molecular flexibility index (Phi) is 4.00. The van der Waals surface area contributed by atoms with Crippen molar-refractivity contribution in [3.63, 3.8) is 0 Å². The van der Waals surface area contributed by atoms with E-state index in [9.17, 15) is 14.3 Å². The van der Waals surface area contributed by atoms with Crippen molar-refractivity contribution in [2.75, 3.05) is 0 Å². The van der Waals surface area contributed by atoms with Crippen LogP contribution >= 0.6 is 0 Å². The third-order valence-electron chi connectivity index (χ3n) is 5.26. The van der Waals surface area contributed by atoms with Gasteiger partial charge in [-0.15, -0.1) is 0 Å². The van der Waals surface area contributed by atoms with Crippen LogP contribution in [0.25, 0.3) is 10.9 Å². The van der Waals surface area contributed by atoms with Crippen LogP contribution in [0.3, 0.4) is 0 Å². The molecule has 0 spiro atoms. The summed E-state index contributed by atoms with van der Waals surface area (Å²) in [6.07, 6.45) is -1.19. The second kappa shape index (κ2) is 5.57. The summed E-state index contributed by atoms with van der Waals surface area (Å²) in [5, 5.41) is 10.1. The molecule has 1 fully saturated rings. The Hall–Kier alpha value is -1.86. The number of carboxylic acid groups (broad SMARTS) is 1. The lowest BCUT2D eigenvalue weighted by Crippen LogP contribution is -2.43. The Morgan fingerprint density at radius 2 is 1.76 bits per heavy atom. The molecule has 25 heavy (non-hydrogen) atoms. The van der Waals surface area contributed by atoms with Crippen LogP contribution < -0.4 is 5.59 Å². The minimum Gasteiger partial charge on any atom is -0.464 e. The number of halogens is 1. The highest BCUT2D eigenvalue weighted by Gasteiger charge is 2.54. The van der Waals surface area contributed by atoms with E-state index in [0.717, 1.165) is 4.57 Å². The molecule has 2 aromatic rings. The maximum absolute atomic E-state index is 14.6. The maximum atomic E-state index is 14.6. The lowest BCUT2D eigenvalue weighted by molar-refractivity contribution is 0.00578. The van der Waals surface area contributed by atoms with Gasteiger partial charge in [0.25, 0.3) is 0 Å². The Bertz CT molecular complexity index is 840. The third kappa shape index (κ3) is 2.57. The Morgan fingerprint density at radius 1 is 1.20 bits per heavy atom. The van der Waals surface area contributed by atoms with Crippen LogP contribution in [-0.4, -0.2) is 34.1 Å². The molecule has 0 amide bonds. The first kappa shape index (κ1) is 18.0. The van der Waals surface area contributed by atoms with E-state index in [1.165, 1.54) is 12.1 Å². The Labute approximate surface area is 146 Å². The van der Waals surface area contributed by atoms with E-state index in [4.69, 9.17) is 9.31 Å². The molecule has 5 nitrogen and oxygen atoms in total. The minimum atomic E-state index is -1.19. The van der Waals surface area contributed by atoms with Crippen molar-refractivity contribution in [3.05, 3.63) is 29.6 Å². The van der Waals surface area contributed by atoms with E-state index < -0.39 is 30.2 Å². The first-order chi connectivity index (χ1) is 11.5. The summed E-state index contributed by atoms with van der Waals surface area (Å²) in [7, 11) is -0.884. The van der Waals surface area contributed by atoms with Gasteiger partial charge in [0.05, 0.1) is 22.3 Å². The highest BCUT2D eigenvalue weighted by Crippen LogP contribution is 2.38. The fourth-order valence-electron chi connectivity index (χ4n) is 3.32. The summed E-state index contributed by atoms with van der Waals surface area (Å²) < 4.78 is 27.8. The van der Waals surface area contributed by atoms with Gasteiger partial charge in [-0.2, -0.15) is 0 Å². The van der Waals surface area contributed by atoms with Gasteiger partial charge in [-0.05, 0) is 51.3 Å². The zero-order chi connectivity index (χ0) is 18.7. The summed E-state index contributed by atoms with van der Waals surface area (Å²) in [5.74, 6) is -0.548. The molecule has 1 aliphatic heterocycles. The molecule has 0 aliphatic carbocycles. The topological polar surface area (TPSA) is 60.7 Å². The average molecular weight is 347 g/mol. The van der Waals surface area contributed by atoms with Gasteiger partial charge in [-0.25, -0.2) is 9.18 Å². The van der Waals surface area contributed by atoms with E-state index in [1.807, 2.05) is 41.5 Å². The Balaban J connectivity index is 2.35. The molecule has 0 saturated carbocycles. The zero-order valence-electron chi connectivity index (χ0n) is 15.4. The number of nitrogens with zero attached hydrogens (tertiary/aromatic N) is 1. The normalized spacial score (nSPS) is 19.1. The van der Waals surface area contributed by atoms with Crippen molar-refractivity contribution in [2.45, 2.75) is 58.7 Å². The van der Waals surface area contributed by atoms with Crippen molar-refractivity contribution in [1.82, 2.24) is 4.57 Å². The van der Waals surface area contributed by atoms with Crippen LogP contribution in [0.5, 0.6) is 0 Å². The molecule has 7 heteroatoms. The number of rotatable bonds is 2. The first-order valence-electron chi connectivity index (χ1n) is 8.39. The van der Waals surface area contributed by atoms with E-state index in [0.29, 0.717) is 22.1 Å². The molecule has 2 heterocycles. The molecule has 134 valence electrons. The van der Waals surface area contributed by atoms with Crippen LogP contribution in [0.2, 0.25) is 0 Å². The average Bonchev–Trinajstić information content (AvgIpc) is 2.92. The molecule has 1 aromatic carbocycles. The van der Waals surface area contributed by atoms with E-state index >= 15 is 0 Å². The molecule has 1 saturated heterocycles. The molecule has 0 unspecified atom stereocenters. The summed E-state index contributed by atoms with van der Waals surface area (Å²) >= 11 is 0. The second-order valence-electron chi connectivity index (χ2n) is 7.79. The van der Waals surface area contributed by atoms with Crippen molar-refractivity contribution in [3.8, 4) is 0 Å². The number of aromatic nitrogens is 1. The number of benzene rings is 1. The molecule has 0 radical (unpaired) electrons. The fourth-order valence-corrected chi connectivity index (χ4v) is 3.32. The van der Waals surface area contributed by atoms with Gasteiger partial charge in [0.2, 0.25) is 0 Å². The highest BCUT2D eigenvalue weighted by atomic mass is 19.1. The number of carbonyl (C=O) groups is 1. The van der Waals surface area contributed by atoms with Gasteiger partial charge in [-0.3, -0.25) is 4.57 Å². The van der Waals surface area contributed by atoms with E-state index in [1.54, 1.807) is 6.07 Å². The predicted molar refractivity (Wildman–Crippen MR) is 95.1 cm³/mol. The minimum absolute atomic E-state index is 0.103. The molecule has 0 atom stereocenters. The van der Waals surface area contributed by atoms with Crippen molar-refractivity contribution in [2.24, 2.45) is 0 Å². The van der Waals surface area contributed by atoms with Crippen molar-refractivity contribution >= 4 is 29.7 Å². The third-order valence-corrected chi connectivity index (χ3v) is 5.26. The van der Waals surface area contributed by atoms with Crippen molar-refractivity contribution in [1.29, 1.82) is 0 Å².